The van der Waals surface area contributed by atoms with Crippen molar-refractivity contribution in [1.82, 2.24) is 0 Å². The van der Waals surface area contributed by atoms with E-state index in [9.17, 15) is 15.0 Å². The Labute approximate surface area is 157 Å². The molecule has 4 saturated carbocycles. The highest BCUT2D eigenvalue weighted by molar-refractivity contribution is 5.87. The van der Waals surface area contributed by atoms with Gasteiger partial charge in [-0.05, 0) is 81.5 Å². The van der Waals surface area contributed by atoms with Crippen LogP contribution in [0.5, 0.6) is 0 Å². The Balaban J connectivity index is 1.65. The average molecular weight is 365 g/mol. The highest BCUT2D eigenvalue weighted by atomic mass is 16.5. The molecule has 2 N–H and O–H groups in total. The largest absolute Gasteiger partial charge is 0.393 e. The Morgan fingerprint density at radius 2 is 1.81 bits per heavy atom. The van der Waals surface area contributed by atoms with Gasteiger partial charge in [0.15, 0.2) is 0 Å². The van der Waals surface area contributed by atoms with E-state index in [1.807, 2.05) is 13.8 Å². The summed E-state index contributed by atoms with van der Waals surface area (Å²) < 4.78 is 6.07. The van der Waals surface area contributed by atoms with Crippen LogP contribution in [0.15, 0.2) is 0 Å². The second-order valence-electron chi connectivity index (χ2n) is 10.5. The molecule has 4 heteroatoms. The Morgan fingerprint density at radius 3 is 2.50 bits per heavy atom. The maximum Gasteiger partial charge on any atom is 0.139 e. The van der Waals surface area contributed by atoms with Crippen LogP contribution in [0.3, 0.4) is 0 Å². The fourth-order valence-electron chi connectivity index (χ4n) is 7.64. The van der Waals surface area contributed by atoms with Gasteiger partial charge in [0.2, 0.25) is 0 Å². The van der Waals surface area contributed by atoms with Gasteiger partial charge in [0.1, 0.15) is 5.78 Å². The molecule has 4 rings (SSSR count). The van der Waals surface area contributed by atoms with Gasteiger partial charge < -0.3 is 14.9 Å². The number of carbonyl (C=O) groups excluding carboxylic acids is 1. The van der Waals surface area contributed by atoms with Crippen LogP contribution in [0.2, 0.25) is 0 Å². The first-order valence-corrected chi connectivity index (χ1v) is 10.7. The van der Waals surface area contributed by atoms with Crippen LogP contribution in [0.1, 0.15) is 72.6 Å². The summed E-state index contributed by atoms with van der Waals surface area (Å²) in [6.07, 6.45) is 5.27. The van der Waals surface area contributed by atoms with Crippen molar-refractivity contribution in [2.45, 2.75) is 97.1 Å². The van der Waals surface area contributed by atoms with Gasteiger partial charge in [0, 0.05) is 11.8 Å². The topological polar surface area (TPSA) is 66.8 Å². The Kier molecular flexibility index (Phi) is 4.57. The molecule has 0 unspecified atom stereocenters. The standard InChI is InChI=1S/C22H36O4/c1-12(2)26-18-11-21(3)13(9-16(18)23)5-6-14-15-7-8-19(25)22(15,4)10-17(24)20(14)21/h12-18,20,23-24H,5-11H2,1-4H3/t13-,14-,15-,16-,17-,18-,20+,21-,22-/m0/s1. The van der Waals surface area contributed by atoms with Crippen molar-refractivity contribution in [2.75, 3.05) is 0 Å². The molecule has 0 aromatic rings. The van der Waals surface area contributed by atoms with Crippen LogP contribution < -0.4 is 0 Å². The molecule has 26 heavy (non-hydrogen) atoms. The average Bonchev–Trinajstić information content (AvgIpc) is 2.83. The molecule has 0 aliphatic heterocycles. The molecule has 0 amide bonds. The first-order valence-electron chi connectivity index (χ1n) is 10.7. The Bertz CT molecular complexity index is 574. The summed E-state index contributed by atoms with van der Waals surface area (Å²) in [6, 6.07) is 0. The van der Waals surface area contributed by atoms with Gasteiger partial charge in [-0.2, -0.15) is 0 Å². The second-order valence-corrected chi connectivity index (χ2v) is 10.5. The number of carbonyl (C=O) groups is 1. The van der Waals surface area contributed by atoms with Crippen LogP contribution in [0.4, 0.5) is 0 Å². The fraction of sp³-hybridized carbons (Fsp3) is 0.955. The molecule has 148 valence electrons. The molecule has 4 aliphatic rings. The summed E-state index contributed by atoms with van der Waals surface area (Å²) in [6.45, 7) is 8.49. The third-order valence-corrected chi connectivity index (χ3v) is 8.75. The fourth-order valence-corrected chi connectivity index (χ4v) is 7.64. The van der Waals surface area contributed by atoms with E-state index in [1.165, 1.54) is 0 Å². The number of ketones is 1. The first-order chi connectivity index (χ1) is 12.2. The predicted octanol–water partition coefficient (Wildman–Crippen LogP) is 3.33. The zero-order valence-corrected chi connectivity index (χ0v) is 16.8. The van der Waals surface area contributed by atoms with Gasteiger partial charge in [-0.1, -0.05) is 13.8 Å². The molecular weight excluding hydrogens is 328 g/mol. The minimum absolute atomic E-state index is 0.00587. The van der Waals surface area contributed by atoms with E-state index < -0.39 is 12.2 Å². The summed E-state index contributed by atoms with van der Waals surface area (Å²) in [5, 5.41) is 21.8. The van der Waals surface area contributed by atoms with Crippen molar-refractivity contribution in [3.63, 3.8) is 0 Å². The maximum absolute atomic E-state index is 12.6. The van der Waals surface area contributed by atoms with Crippen molar-refractivity contribution in [3.8, 4) is 0 Å². The van der Waals surface area contributed by atoms with E-state index >= 15 is 0 Å². The van der Waals surface area contributed by atoms with Crippen LogP contribution in [0, 0.1) is 34.5 Å². The summed E-state index contributed by atoms with van der Waals surface area (Å²) in [5.41, 5.74) is -0.320. The third-order valence-electron chi connectivity index (χ3n) is 8.75. The van der Waals surface area contributed by atoms with Gasteiger partial charge in [0.25, 0.3) is 0 Å². The minimum atomic E-state index is -0.411. The van der Waals surface area contributed by atoms with Crippen molar-refractivity contribution < 1.29 is 19.7 Å². The summed E-state index contributed by atoms with van der Waals surface area (Å²) in [5.74, 6) is 1.91. The summed E-state index contributed by atoms with van der Waals surface area (Å²) in [7, 11) is 0. The second kappa shape index (κ2) is 6.28. The maximum atomic E-state index is 12.6. The lowest BCUT2D eigenvalue weighted by molar-refractivity contribution is -0.204. The van der Waals surface area contributed by atoms with E-state index in [4.69, 9.17) is 4.74 Å². The predicted molar refractivity (Wildman–Crippen MR) is 99.5 cm³/mol. The highest BCUT2D eigenvalue weighted by Gasteiger charge is 2.64. The third kappa shape index (κ3) is 2.62. The Morgan fingerprint density at radius 1 is 1.08 bits per heavy atom. The summed E-state index contributed by atoms with van der Waals surface area (Å²) >= 11 is 0. The van der Waals surface area contributed by atoms with Gasteiger partial charge in [-0.15, -0.1) is 0 Å². The molecule has 4 nitrogen and oxygen atoms in total. The monoisotopic (exact) mass is 364 g/mol. The number of hydrogen-bond acceptors (Lipinski definition) is 4. The van der Waals surface area contributed by atoms with Crippen LogP contribution in [0.25, 0.3) is 0 Å². The van der Waals surface area contributed by atoms with Crippen molar-refractivity contribution in [1.29, 1.82) is 0 Å². The smallest absolute Gasteiger partial charge is 0.139 e. The minimum Gasteiger partial charge on any atom is -0.393 e. The molecule has 4 fully saturated rings. The molecule has 0 bridgehead atoms. The molecule has 9 atom stereocenters. The number of hydrogen-bond donors (Lipinski definition) is 2. The SMILES string of the molecule is CC(C)O[C@H]1C[C@@]2(C)[C@@H](CC[C@@H]3[C@@H]2[C@@H](O)C[C@]2(C)C(=O)CC[C@@H]32)C[C@@H]1O. The summed E-state index contributed by atoms with van der Waals surface area (Å²) in [4.78, 5) is 12.6. The van der Waals surface area contributed by atoms with E-state index in [0.29, 0.717) is 36.4 Å². The van der Waals surface area contributed by atoms with E-state index in [2.05, 4.69) is 13.8 Å². The van der Waals surface area contributed by atoms with E-state index in [-0.39, 0.29) is 29.0 Å². The number of Topliss-reactive ketones (excluding diaryl/α,β-unsaturated/α-hetero) is 1. The van der Waals surface area contributed by atoms with E-state index in [0.717, 1.165) is 32.1 Å². The molecule has 0 radical (unpaired) electrons. The molecule has 0 aromatic carbocycles. The lowest BCUT2D eigenvalue weighted by atomic mass is 9.44. The lowest BCUT2D eigenvalue weighted by Crippen LogP contribution is -2.61. The number of aliphatic hydroxyl groups excluding tert-OH is 2. The van der Waals surface area contributed by atoms with Gasteiger partial charge in [0.05, 0.1) is 24.4 Å². The number of ether oxygens (including phenoxy) is 1. The highest BCUT2D eigenvalue weighted by Crippen LogP contribution is 2.65. The number of aliphatic hydroxyl groups is 2. The van der Waals surface area contributed by atoms with E-state index in [1.54, 1.807) is 0 Å². The molecular formula is C22H36O4. The molecule has 4 aliphatic carbocycles. The van der Waals surface area contributed by atoms with Gasteiger partial charge in [-0.3, -0.25) is 4.79 Å². The van der Waals surface area contributed by atoms with Crippen molar-refractivity contribution >= 4 is 5.78 Å². The van der Waals surface area contributed by atoms with Crippen molar-refractivity contribution in [3.05, 3.63) is 0 Å². The Hall–Kier alpha value is -0.450. The van der Waals surface area contributed by atoms with Crippen LogP contribution in [-0.4, -0.2) is 40.4 Å². The van der Waals surface area contributed by atoms with Gasteiger partial charge in [-0.25, -0.2) is 0 Å². The number of fused-ring (bicyclic) bond motifs is 5. The van der Waals surface area contributed by atoms with Crippen LogP contribution in [-0.2, 0) is 9.53 Å². The molecule has 0 spiro atoms. The number of rotatable bonds is 2. The zero-order chi connectivity index (χ0) is 18.9. The quantitative estimate of drug-likeness (QED) is 0.789. The normalized spacial score (nSPS) is 54.0. The van der Waals surface area contributed by atoms with Gasteiger partial charge >= 0.3 is 0 Å². The van der Waals surface area contributed by atoms with Crippen LogP contribution >= 0.6 is 0 Å². The molecule has 0 aromatic heterocycles. The lowest BCUT2D eigenvalue weighted by Gasteiger charge is -2.62. The first kappa shape index (κ1) is 18.9. The molecule has 0 saturated heterocycles. The van der Waals surface area contributed by atoms with Crippen molar-refractivity contribution in [2.24, 2.45) is 34.5 Å². The zero-order valence-electron chi connectivity index (χ0n) is 16.8. The molecule has 0 heterocycles.